The van der Waals surface area contributed by atoms with Gasteiger partial charge in [0, 0.05) is 55.0 Å². The van der Waals surface area contributed by atoms with Gasteiger partial charge in [0.15, 0.2) is 0 Å². The van der Waals surface area contributed by atoms with E-state index in [1.165, 1.54) is 18.3 Å². The molecule has 3 heterocycles. The molecule has 172 valence electrons. The smallest absolute Gasteiger partial charge is 0.406 e. The van der Waals surface area contributed by atoms with Crippen LogP contribution in [0.3, 0.4) is 0 Å². The lowest BCUT2D eigenvalue weighted by atomic mass is 10.1. The van der Waals surface area contributed by atoms with Crippen LogP contribution in [0.1, 0.15) is 16.8 Å². The fourth-order valence-corrected chi connectivity index (χ4v) is 3.57. The van der Waals surface area contributed by atoms with Crippen molar-refractivity contribution in [3.05, 3.63) is 66.6 Å². The van der Waals surface area contributed by atoms with Crippen molar-refractivity contribution in [1.82, 2.24) is 15.3 Å². The normalized spacial score (nSPS) is 14.5. The summed E-state index contributed by atoms with van der Waals surface area (Å²) in [6, 6.07) is 10.4. The average molecular weight is 457 g/mol. The molecule has 2 N–H and O–H groups in total. The summed E-state index contributed by atoms with van der Waals surface area (Å²) in [5, 5.41) is 6.04. The molecular formula is C23H22F3N5O2. The van der Waals surface area contributed by atoms with Crippen molar-refractivity contribution in [3.63, 3.8) is 0 Å². The first-order valence-electron chi connectivity index (χ1n) is 10.4. The molecule has 2 aromatic heterocycles. The second-order valence-corrected chi connectivity index (χ2v) is 7.45. The minimum atomic E-state index is -4.77. The number of aromatic nitrogens is 2. The maximum atomic E-state index is 12.9. The highest BCUT2D eigenvalue weighted by Gasteiger charge is 2.31. The molecular weight excluding hydrogens is 435 g/mol. The van der Waals surface area contributed by atoms with Crippen LogP contribution < -0.4 is 20.3 Å². The van der Waals surface area contributed by atoms with Crippen molar-refractivity contribution in [2.24, 2.45) is 0 Å². The largest absolute Gasteiger partial charge is 0.573 e. The maximum absolute atomic E-state index is 12.9. The third-order valence-corrected chi connectivity index (χ3v) is 5.09. The lowest BCUT2D eigenvalue weighted by molar-refractivity contribution is -0.274. The number of hydrogen-bond acceptors (Lipinski definition) is 6. The van der Waals surface area contributed by atoms with Crippen LogP contribution in [0, 0.1) is 0 Å². The number of rotatable bonds is 5. The molecule has 0 atom stereocenters. The number of ether oxygens (including phenoxy) is 1. The number of anilines is 2. The van der Waals surface area contributed by atoms with Gasteiger partial charge in [0.05, 0.1) is 5.56 Å². The molecule has 3 aromatic rings. The van der Waals surface area contributed by atoms with E-state index >= 15 is 0 Å². The van der Waals surface area contributed by atoms with Crippen molar-refractivity contribution in [2.45, 2.75) is 12.8 Å². The molecule has 4 rings (SSSR count). The fraction of sp³-hybridized carbons (Fsp3) is 0.261. The summed E-state index contributed by atoms with van der Waals surface area (Å²) in [5.74, 6) is -0.0181. The summed E-state index contributed by atoms with van der Waals surface area (Å²) in [6.45, 7) is 3.40. The van der Waals surface area contributed by atoms with E-state index in [0.717, 1.165) is 61.7 Å². The van der Waals surface area contributed by atoms with Gasteiger partial charge >= 0.3 is 6.36 Å². The standard InChI is InChI=1S/C23H22F3N5O2/c24-23(25,26)33-19-6-4-18(5-7-19)30-22(32)17-13-20(16-3-1-8-28-14-16)21(29-15-17)31-11-2-9-27-10-12-31/h1,3-8,13-15,27H,2,9-12H2,(H,30,32). The molecule has 0 saturated carbocycles. The monoisotopic (exact) mass is 457 g/mol. The van der Waals surface area contributed by atoms with E-state index in [1.807, 2.05) is 12.1 Å². The van der Waals surface area contributed by atoms with Crippen LogP contribution in [-0.4, -0.2) is 48.4 Å². The van der Waals surface area contributed by atoms with E-state index in [9.17, 15) is 18.0 Å². The van der Waals surface area contributed by atoms with Gasteiger partial charge in [-0.1, -0.05) is 6.07 Å². The van der Waals surface area contributed by atoms with E-state index in [2.05, 4.69) is 30.2 Å². The predicted molar refractivity (Wildman–Crippen MR) is 118 cm³/mol. The highest BCUT2D eigenvalue weighted by atomic mass is 19.4. The van der Waals surface area contributed by atoms with Gasteiger partial charge < -0.3 is 20.3 Å². The van der Waals surface area contributed by atoms with Crippen molar-refractivity contribution in [1.29, 1.82) is 0 Å². The Morgan fingerprint density at radius 3 is 2.64 bits per heavy atom. The van der Waals surface area contributed by atoms with Gasteiger partial charge in [0.25, 0.3) is 5.91 Å². The Morgan fingerprint density at radius 2 is 1.91 bits per heavy atom. The van der Waals surface area contributed by atoms with Crippen LogP contribution in [0.5, 0.6) is 5.75 Å². The fourth-order valence-electron chi connectivity index (χ4n) is 3.57. The zero-order valence-corrected chi connectivity index (χ0v) is 17.6. The SMILES string of the molecule is O=C(Nc1ccc(OC(F)(F)F)cc1)c1cnc(N2CCCNCC2)c(-c2cccnc2)c1. The summed E-state index contributed by atoms with van der Waals surface area (Å²) < 4.78 is 40.8. The number of benzene rings is 1. The van der Waals surface area contributed by atoms with Crippen LogP contribution >= 0.6 is 0 Å². The summed E-state index contributed by atoms with van der Waals surface area (Å²) in [7, 11) is 0. The number of hydrogen-bond donors (Lipinski definition) is 2. The van der Waals surface area contributed by atoms with Crippen molar-refractivity contribution < 1.29 is 22.7 Å². The molecule has 1 amide bonds. The zero-order chi connectivity index (χ0) is 23.3. The summed E-state index contributed by atoms with van der Waals surface area (Å²) in [6.07, 6.45) is 1.10. The zero-order valence-electron chi connectivity index (χ0n) is 17.6. The summed E-state index contributed by atoms with van der Waals surface area (Å²) >= 11 is 0. The number of nitrogens with zero attached hydrogens (tertiary/aromatic N) is 3. The molecule has 0 aliphatic carbocycles. The van der Waals surface area contributed by atoms with E-state index in [0.29, 0.717) is 11.3 Å². The Bertz CT molecular complexity index is 1080. The number of amides is 1. The lowest BCUT2D eigenvalue weighted by Gasteiger charge is -2.24. The minimum Gasteiger partial charge on any atom is -0.406 e. The predicted octanol–water partition coefficient (Wildman–Crippen LogP) is 4.09. The molecule has 10 heteroatoms. The second kappa shape index (κ2) is 9.86. The number of carbonyl (C=O) groups excluding carboxylic acids is 1. The third-order valence-electron chi connectivity index (χ3n) is 5.09. The highest BCUT2D eigenvalue weighted by molar-refractivity contribution is 6.05. The van der Waals surface area contributed by atoms with Crippen LogP contribution in [0.15, 0.2) is 61.1 Å². The molecule has 1 aliphatic rings. The third kappa shape index (κ3) is 5.98. The van der Waals surface area contributed by atoms with Crippen LogP contribution in [0.25, 0.3) is 11.1 Å². The minimum absolute atomic E-state index is 0.321. The Morgan fingerprint density at radius 1 is 1.09 bits per heavy atom. The topological polar surface area (TPSA) is 79.4 Å². The molecule has 0 unspecified atom stereocenters. The summed E-state index contributed by atoms with van der Waals surface area (Å²) in [5.41, 5.74) is 2.27. The number of alkyl halides is 3. The molecule has 1 aromatic carbocycles. The van der Waals surface area contributed by atoms with Gasteiger partial charge in [-0.2, -0.15) is 0 Å². The van der Waals surface area contributed by atoms with E-state index < -0.39 is 12.3 Å². The average Bonchev–Trinajstić information content (AvgIpc) is 3.09. The van der Waals surface area contributed by atoms with Crippen molar-refractivity contribution >= 4 is 17.4 Å². The van der Waals surface area contributed by atoms with Gasteiger partial charge in [-0.15, -0.1) is 13.2 Å². The molecule has 1 fully saturated rings. The Kier molecular flexibility index (Phi) is 6.74. The Balaban J connectivity index is 1.58. The van der Waals surface area contributed by atoms with Crippen LogP contribution in [-0.2, 0) is 0 Å². The molecule has 1 aliphatic heterocycles. The quantitative estimate of drug-likeness (QED) is 0.601. The number of carbonyl (C=O) groups is 1. The van der Waals surface area contributed by atoms with E-state index in [1.54, 1.807) is 18.5 Å². The molecule has 0 bridgehead atoms. The first kappa shape index (κ1) is 22.5. The number of nitrogens with one attached hydrogen (secondary N) is 2. The Labute approximate surface area is 188 Å². The molecule has 33 heavy (non-hydrogen) atoms. The summed E-state index contributed by atoms with van der Waals surface area (Å²) in [4.78, 5) is 23.8. The Hall–Kier alpha value is -3.66. The first-order valence-corrected chi connectivity index (χ1v) is 10.4. The van der Waals surface area contributed by atoms with Gasteiger partial charge in [-0.3, -0.25) is 9.78 Å². The van der Waals surface area contributed by atoms with E-state index in [-0.39, 0.29) is 5.75 Å². The first-order chi connectivity index (χ1) is 15.9. The van der Waals surface area contributed by atoms with E-state index in [4.69, 9.17) is 0 Å². The highest BCUT2D eigenvalue weighted by Crippen LogP contribution is 2.30. The second-order valence-electron chi connectivity index (χ2n) is 7.45. The molecule has 0 radical (unpaired) electrons. The maximum Gasteiger partial charge on any atom is 0.573 e. The number of pyridine rings is 2. The van der Waals surface area contributed by atoms with Gasteiger partial charge in [-0.25, -0.2) is 4.98 Å². The van der Waals surface area contributed by atoms with Gasteiger partial charge in [0.2, 0.25) is 0 Å². The van der Waals surface area contributed by atoms with Crippen molar-refractivity contribution in [3.8, 4) is 16.9 Å². The van der Waals surface area contributed by atoms with Gasteiger partial charge in [-0.05, 0) is 49.4 Å². The molecule has 1 saturated heterocycles. The van der Waals surface area contributed by atoms with Crippen molar-refractivity contribution in [2.75, 3.05) is 36.4 Å². The molecule has 7 nitrogen and oxygen atoms in total. The molecule has 0 spiro atoms. The van der Waals surface area contributed by atoms with Crippen LogP contribution in [0.2, 0.25) is 0 Å². The van der Waals surface area contributed by atoms with Crippen LogP contribution in [0.4, 0.5) is 24.7 Å². The lowest BCUT2D eigenvalue weighted by Crippen LogP contribution is -2.29. The van der Waals surface area contributed by atoms with Gasteiger partial charge in [0.1, 0.15) is 11.6 Å². The number of halogens is 3.